The summed E-state index contributed by atoms with van der Waals surface area (Å²) in [5.41, 5.74) is 0.0765. The third-order valence-electron chi connectivity index (χ3n) is 1.57. The van der Waals surface area contributed by atoms with Gasteiger partial charge in [0.15, 0.2) is 0 Å². The SMILES string of the molecule is CCOC(=O)Cc1c(Cl)ccnc1F. The molecule has 5 heteroatoms. The number of aromatic nitrogens is 1. The van der Waals surface area contributed by atoms with Gasteiger partial charge >= 0.3 is 5.97 Å². The van der Waals surface area contributed by atoms with E-state index in [1.54, 1.807) is 6.92 Å². The zero-order chi connectivity index (χ0) is 10.6. The van der Waals surface area contributed by atoms with Crippen molar-refractivity contribution in [1.29, 1.82) is 0 Å². The van der Waals surface area contributed by atoms with Crippen LogP contribution >= 0.6 is 11.6 Å². The number of nitrogens with zero attached hydrogens (tertiary/aromatic N) is 1. The van der Waals surface area contributed by atoms with E-state index in [1.807, 2.05) is 0 Å². The third-order valence-corrected chi connectivity index (χ3v) is 1.93. The van der Waals surface area contributed by atoms with Crippen LogP contribution in [-0.2, 0) is 16.0 Å². The molecule has 1 rings (SSSR count). The smallest absolute Gasteiger partial charge is 0.310 e. The summed E-state index contributed by atoms with van der Waals surface area (Å²) in [5, 5.41) is 0.186. The molecule has 1 aromatic heterocycles. The highest BCUT2D eigenvalue weighted by Crippen LogP contribution is 2.17. The van der Waals surface area contributed by atoms with Gasteiger partial charge in [-0.1, -0.05) is 11.6 Å². The fourth-order valence-electron chi connectivity index (χ4n) is 0.959. The summed E-state index contributed by atoms with van der Waals surface area (Å²) >= 11 is 5.69. The van der Waals surface area contributed by atoms with E-state index in [2.05, 4.69) is 9.72 Å². The molecule has 0 unspecified atom stereocenters. The van der Waals surface area contributed by atoms with Crippen molar-refractivity contribution in [3.05, 3.63) is 28.8 Å². The summed E-state index contributed by atoms with van der Waals surface area (Å²) < 4.78 is 17.7. The van der Waals surface area contributed by atoms with Gasteiger partial charge in [0.1, 0.15) is 0 Å². The Morgan fingerprint density at radius 2 is 2.43 bits per heavy atom. The zero-order valence-electron chi connectivity index (χ0n) is 7.59. The summed E-state index contributed by atoms with van der Waals surface area (Å²) in [6.07, 6.45) is 1.05. The van der Waals surface area contributed by atoms with Crippen LogP contribution in [0.2, 0.25) is 5.02 Å². The molecule has 0 aliphatic rings. The van der Waals surface area contributed by atoms with Crippen molar-refractivity contribution < 1.29 is 13.9 Å². The second kappa shape index (κ2) is 4.91. The Kier molecular flexibility index (Phi) is 3.83. The molecule has 3 nitrogen and oxygen atoms in total. The van der Waals surface area contributed by atoms with Gasteiger partial charge < -0.3 is 4.74 Å². The average molecular weight is 218 g/mol. The fraction of sp³-hybridized carbons (Fsp3) is 0.333. The van der Waals surface area contributed by atoms with Gasteiger partial charge in [-0.2, -0.15) is 4.39 Å². The minimum absolute atomic E-state index is 0.0765. The van der Waals surface area contributed by atoms with Crippen LogP contribution in [0.15, 0.2) is 12.3 Å². The molecule has 0 atom stereocenters. The monoisotopic (exact) mass is 217 g/mol. The first kappa shape index (κ1) is 10.9. The topological polar surface area (TPSA) is 39.2 Å². The lowest BCUT2D eigenvalue weighted by Gasteiger charge is -2.04. The van der Waals surface area contributed by atoms with E-state index in [4.69, 9.17) is 11.6 Å². The number of halogens is 2. The van der Waals surface area contributed by atoms with Gasteiger partial charge in [0.05, 0.1) is 18.1 Å². The van der Waals surface area contributed by atoms with Crippen LogP contribution < -0.4 is 0 Å². The lowest BCUT2D eigenvalue weighted by Crippen LogP contribution is -2.09. The molecule has 0 aliphatic heterocycles. The predicted octanol–water partition coefficient (Wildman–Crippen LogP) is 1.98. The Hall–Kier alpha value is -1.16. The molecular formula is C9H9ClFNO2. The molecule has 76 valence electrons. The van der Waals surface area contributed by atoms with Gasteiger partial charge in [-0.15, -0.1) is 0 Å². The first-order chi connectivity index (χ1) is 6.65. The Morgan fingerprint density at radius 3 is 3.00 bits per heavy atom. The maximum absolute atomic E-state index is 13.0. The van der Waals surface area contributed by atoms with Gasteiger partial charge in [-0.05, 0) is 13.0 Å². The first-order valence-corrected chi connectivity index (χ1v) is 4.47. The molecule has 0 amide bonds. The van der Waals surface area contributed by atoms with Crippen LogP contribution in [0.5, 0.6) is 0 Å². The molecular weight excluding hydrogens is 209 g/mol. The summed E-state index contributed by atoms with van der Waals surface area (Å²) in [6, 6.07) is 1.43. The predicted molar refractivity (Wildman–Crippen MR) is 49.5 cm³/mol. The van der Waals surface area contributed by atoms with Crippen molar-refractivity contribution in [3.8, 4) is 0 Å². The fourth-order valence-corrected chi connectivity index (χ4v) is 1.16. The van der Waals surface area contributed by atoms with Gasteiger partial charge in [-0.3, -0.25) is 4.79 Å². The maximum atomic E-state index is 13.0. The molecule has 14 heavy (non-hydrogen) atoms. The van der Waals surface area contributed by atoms with Crippen molar-refractivity contribution >= 4 is 17.6 Å². The van der Waals surface area contributed by atoms with Gasteiger partial charge in [0, 0.05) is 11.8 Å². The summed E-state index contributed by atoms with van der Waals surface area (Å²) in [5.74, 6) is -1.24. The number of hydrogen-bond donors (Lipinski definition) is 0. The first-order valence-electron chi connectivity index (χ1n) is 4.09. The highest BCUT2D eigenvalue weighted by molar-refractivity contribution is 6.31. The average Bonchev–Trinajstić information content (AvgIpc) is 2.12. The quantitative estimate of drug-likeness (QED) is 0.574. The standard InChI is InChI=1S/C9H9ClFNO2/c1-2-14-8(13)5-6-7(10)3-4-12-9(6)11/h3-4H,2,5H2,1H3. The Bertz CT molecular complexity index is 323. The van der Waals surface area contributed by atoms with Gasteiger partial charge in [0.25, 0.3) is 0 Å². The van der Waals surface area contributed by atoms with E-state index in [0.29, 0.717) is 0 Å². The molecule has 1 aromatic rings. The summed E-state index contributed by atoms with van der Waals surface area (Å²) in [7, 11) is 0. The Balaban J connectivity index is 2.80. The minimum atomic E-state index is -0.731. The number of rotatable bonds is 3. The van der Waals surface area contributed by atoms with Crippen LogP contribution in [0.4, 0.5) is 4.39 Å². The van der Waals surface area contributed by atoms with E-state index in [0.717, 1.165) is 0 Å². The molecule has 0 fully saturated rings. The number of pyridine rings is 1. The number of carbonyl (C=O) groups is 1. The molecule has 0 saturated heterocycles. The van der Waals surface area contributed by atoms with E-state index in [9.17, 15) is 9.18 Å². The van der Waals surface area contributed by atoms with Crippen molar-refractivity contribution in [2.75, 3.05) is 6.61 Å². The zero-order valence-corrected chi connectivity index (χ0v) is 8.34. The number of esters is 1. The second-order valence-electron chi connectivity index (χ2n) is 2.54. The van der Waals surface area contributed by atoms with Crippen LogP contribution in [-0.4, -0.2) is 17.6 Å². The van der Waals surface area contributed by atoms with Crippen molar-refractivity contribution in [3.63, 3.8) is 0 Å². The molecule has 0 aliphatic carbocycles. The van der Waals surface area contributed by atoms with E-state index in [-0.39, 0.29) is 23.6 Å². The van der Waals surface area contributed by atoms with Crippen LogP contribution in [0, 0.1) is 5.95 Å². The number of carbonyl (C=O) groups excluding carboxylic acids is 1. The van der Waals surface area contributed by atoms with Crippen molar-refractivity contribution in [2.24, 2.45) is 0 Å². The van der Waals surface area contributed by atoms with Crippen LogP contribution in [0.3, 0.4) is 0 Å². The van der Waals surface area contributed by atoms with Crippen molar-refractivity contribution in [1.82, 2.24) is 4.98 Å². The molecule has 0 spiro atoms. The number of ether oxygens (including phenoxy) is 1. The number of hydrogen-bond acceptors (Lipinski definition) is 3. The van der Waals surface area contributed by atoms with Crippen molar-refractivity contribution in [2.45, 2.75) is 13.3 Å². The lowest BCUT2D eigenvalue weighted by molar-refractivity contribution is -0.142. The maximum Gasteiger partial charge on any atom is 0.310 e. The van der Waals surface area contributed by atoms with E-state index < -0.39 is 11.9 Å². The molecule has 0 saturated carbocycles. The molecule has 1 heterocycles. The lowest BCUT2D eigenvalue weighted by atomic mass is 10.2. The van der Waals surface area contributed by atoms with Gasteiger partial charge in [0.2, 0.25) is 5.95 Å². The summed E-state index contributed by atoms with van der Waals surface area (Å²) in [6.45, 7) is 1.94. The molecule has 0 N–H and O–H groups in total. The highest BCUT2D eigenvalue weighted by Gasteiger charge is 2.13. The van der Waals surface area contributed by atoms with Crippen LogP contribution in [0.1, 0.15) is 12.5 Å². The molecule has 0 radical (unpaired) electrons. The van der Waals surface area contributed by atoms with E-state index in [1.165, 1.54) is 12.3 Å². The largest absolute Gasteiger partial charge is 0.466 e. The van der Waals surface area contributed by atoms with Crippen LogP contribution in [0.25, 0.3) is 0 Å². The second-order valence-corrected chi connectivity index (χ2v) is 2.95. The van der Waals surface area contributed by atoms with Gasteiger partial charge in [-0.25, -0.2) is 4.98 Å². The molecule has 0 bridgehead atoms. The molecule has 0 aromatic carbocycles. The Labute approximate surface area is 85.9 Å². The normalized spacial score (nSPS) is 9.93. The Morgan fingerprint density at radius 1 is 1.71 bits per heavy atom. The summed E-state index contributed by atoms with van der Waals surface area (Å²) in [4.78, 5) is 14.4. The highest BCUT2D eigenvalue weighted by atomic mass is 35.5. The minimum Gasteiger partial charge on any atom is -0.466 e. The van der Waals surface area contributed by atoms with E-state index >= 15 is 0 Å². The third kappa shape index (κ3) is 2.67.